The molecule has 6 fully saturated rings. The summed E-state index contributed by atoms with van der Waals surface area (Å²) in [5.41, 5.74) is -1.81. The predicted octanol–water partition coefficient (Wildman–Crippen LogP) is 2.25. The van der Waals surface area contributed by atoms with Crippen molar-refractivity contribution in [2.45, 2.75) is 174 Å². The standard InChI is InChI=1S/C42H62O16/c1-37(2)21-8-11-42(7)31(20(43)16-18-19-17-39(4,36(53)54)13-12-38(19,3)14-15-41(18,42)6)40(21,5)10-9-22(37)55-35-30(26(47)25(46)29(57-35)33(51)52)58-34-27(48)23(44)24(45)28(56-34)32(49)50/h16,19,21-31,34-35,44-48H,8-15,17H2,1-7H3,(H,49,50)(H,51,52)(H,53,54)/t19-,21-,22-,23-,24-,25-,26-,27+,28-,29-,30-,31+,34-,35-,38+,39-,40+,41+,42+/m0/s1. The van der Waals surface area contributed by atoms with E-state index in [1.165, 1.54) is 0 Å². The molecule has 19 atom stereocenters. The number of aliphatic hydroxyl groups is 5. The van der Waals surface area contributed by atoms with E-state index in [0.29, 0.717) is 25.7 Å². The summed E-state index contributed by atoms with van der Waals surface area (Å²) in [7, 11) is 0. The second kappa shape index (κ2) is 14.3. The molecule has 0 aromatic rings. The third-order valence-corrected chi connectivity index (χ3v) is 17.2. The number of aliphatic carboxylic acids is 3. The van der Waals surface area contributed by atoms with Crippen LogP contribution >= 0.6 is 0 Å². The van der Waals surface area contributed by atoms with Gasteiger partial charge >= 0.3 is 17.9 Å². The molecule has 0 aromatic carbocycles. The van der Waals surface area contributed by atoms with Crippen molar-refractivity contribution in [2.75, 3.05) is 0 Å². The van der Waals surface area contributed by atoms with Crippen molar-refractivity contribution >= 4 is 23.7 Å². The summed E-state index contributed by atoms with van der Waals surface area (Å²) in [6.07, 6.45) is -12.2. The molecule has 2 aliphatic heterocycles. The van der Waals surface area contributed by atoms with Crippen LogP contribution in [0.15, 0.2) is 11.6 Å². The largest absolute Gasteiger partial charge is 0.481 e. The number of carbonyl (C=O) groups excluding carboxylic acids is 1. The first-order valence-electron chi connectivity index (χ1n) is 20.7. The molecule has 0 spiro atoms. The maximum atomic E-state index is 14.8. The third kappa shape index (κ3) is 6.25. The Morgan fingerprint density at radius 2 is 1.28 bits per heavy atom. The SMILES string of the molecule is CC1(C)[C@@H](O[C@H]2O[C@H](C(=O)O)[C@@H](O)[C@H](O)[C@@H]2O[C@@H]2O[C@H](C(=O)O)[C@@H](O)[C@H](O)[C@H]2O)CC[C@@]2(C)[C@H]3C(=O)C=C4[C@@H]5C[C@@](C)(C(=O)O)CC[C@]5(C)CC[C@@]4(C)[C@]3(C)CC[C@@H]12. The molecule has 16 nitrogen and oxygen atoms in total. The highest BCUT2D eigenvalue weighted by molar-refractivity contribution is 5.95. The number of carbonyl (C=O) groups is 4. The number of aliphatic hydroxyl groups excluding tert-OH is 5. The quantitative estimate of drug-likeness (QED) is 0.171. The zero-order chi connectivity index (χ0) is 42.9. The summed E-state index contributed by atoms with van der Waals surface area (Å²) in [4.78, 5) is 51.3. The topological polar surface area (TPSA) is 267 Å². The van der Waals surface area contributed by atoms with Crippen LogP contribution in [0.4, 0.5) is 0 Å². The number of ketones is 1. The molecule has 58 heavy (non-hydrogen) atoms. The van der Waals surface area contributed by atoms with E-state index >= 15 is 0 Å². The molecule has 326 valence electrons. The van der Waals surface area contributed by atoms with Crippen LogP contribution in [0.5, 0.6) is 0 Å². The van der Waals surface area contributed by atoms with Crippen molar-refractivity contribution < 1.29 is 79.0 Å². The van der Waals surface area contributed by atoms with Gasteiger partial charge in [-0.1, -0.05) is 47.1 Å². The second-order valence-corrected chi connectivity index (χ2v) is 20.6. The van der Waals surface area contributed by atoms with Gasteiger partial charge in [0.05, 0.1) is 11.5 Å². The van der Waals surface area contributed by atoms with Gasteiger partial charge in [0.1, 0.15) is 36.6 Å². The summed E-state index contributed by atoms with van der Waals surface area (Å²) >= 11 is 0. The number of ether oxygens (including phenoxy) is 4. The Kier molecular flexibility index (Phi) is 10.7. The Morgan fingerprint density at radius 3 is 1.88 bits per heavy atom. The van der Waals surface area contributed by atoms with Crippen LogP contribution in [0.25, 0.3) is 0 Å². The molecule has 2 heterocycles. The first kappa shape index (κ1) is 43.5. The Balaban J connectivity index is 1.17. The van der Waals surface area contributed by atoms with E-state index < -0.39 is 107 Å². The average molecular weight is 823 g/mol. The van der Waals surface area contributed by atoms with Gasteiger partial charge in [-0.15, -0.1) is 0 Å². The monoisotopic (exact) mass is 822 g/mol. The van der Waals surface area contributed by atoms with Crippen molar-refractivity contribution in [3.05, 3.63) is 11.6 Å². The van der Waals surface area contributed by atoms with Gasteiger partial charge in [0.25, 0.3) is 0 Å². The van der Waals surface area contributed by atoms with Crippen LogP contribution in [0.2, 0.25) is 0 Å². The normalized spacial score (nSPS) is 52.6. The molecule has 5 aliphatic carbocycles. The fourth-order valence-electron chi connectivity index (χ4n) is 13.4. The summed E-state index contributed by atoms with van der Waals surface area (Å²) < 4.78 is 23.4. The minimum Gasteiger partial charge on any atom is -0.481 e. The van der Waals surface area contributed by atoms with Crippen molar-refractivity contribution in [1.29, 1.82) is 0 Å². The highest BCUT2D eigenvalue weighted by atomic mass is 16.8. The minimum absolute atomic E-state index is 0.0217. The van der Waals surface area contributed by atoms with Crippen molar-refractivity contribution in [3.63, 3.8) is 0 Å². The number of allylic oxidation sites excluding steroid dienone is 2. The predicted molar refractivity (Wildman–Crippen MR) is 199 cm³/mol. The Labute approximate surface area is 337 Å². The summed E-state index contributed by atoms with van der Waals surface area (Å²) in [5, 5.41) is 83.0. The lowest BCUT2D eigenvalue weighted by Crippen LogP contribution is -2.68. The summed E-state index contributed by atoms with van der Waals surface area (Å²) in [6.45, 7) is 14.8. The van der Waals surface area contributed by atoms with Gasteiger partial charge in [-0.25, -0.2) is 9.59 Å². The summed E-state index contributed by atoms with van der Waals surface area (Å²) in [6, 6.07) is 0. The molecule has 8 N–H and O–H groups in total. The number of carboxylic acids is 3. The van der Waals surface area contributed by atoms with Gasteiger partial charge in [0, 0.05) is 5.92 Å². The first-order chi connectivity index (χ1) is 26.8. The molecule has 0 bridgehead atoms. The zero-order valence-electron chi connectivity index (χ0n) is 34.4. The van der Waals surface area contributed by atoms with Crippen LogP contribution in [-0.2, 0) is 38.1 Å². The van der Waals surface area contributed by atoms with Gasteiger partial charge in [-0.05, 0) is 110 Å². The third-order valence-electron chi connectivity index (χ3n) is 17.2. The number of hydrogen-bond donors (Lipinski definition) is 8. The van der Waals surface area contributed by atoms with Crippen LogP contribution in [0.1, 0.15) is 106 Å². The number of carboxylic acid groups (broad SMARTS) is 3. The Hall–Kier alpha value is -2.54. The molecule has 0 radical (unpaired) electrons. The molecule has 2 saturated heterocycles. The maximum Gasteiger partial charge on any atom is 0.335 e. The Bertz CT molecular complexity index is 1730. The highest BCUT2D eigenvalue weighted by Gasteiger charge is 2.71. The minimum atomic E-state index is -2.05. The van der Waals surface area contributed by atoms with Crippen LogP contribution in [0.3, 0.4) is 0 Å². The number of fused-ring (bicyclic) bond motifs is 7. The molecule has 16 heteroatoms. The number of rotatable bonds is 7. The lowest BCUT2D eigenvalue weighted by molar-refractivity contribution is -0.371. The van der Waals surface area contributed by atoms with E-state index in [0.717, 1.165) is 37.7 Å². The van der Waals surface area contributed by atoms with E-state index in [-0.39, 0.29) is 34.4 Å². The molecule has 4 saturated carbocycles. The van der Waals surface area contributed by atoms with Gasteiger partial charge in [0.15, 0.2) is 30.6 Å². The second-order valence-electron chi connectivity index (χ2n) is 20.6. The van der Waals surface area contributed by atoms with Crippen molar-refractivity contribution in [1.82, 2.24) is 0 Å². The lowest BCUT2D eigenvalue weighted by Gasteiger charge is -2.70. The van der Waals surface area contributed by atoms with Gasteiger partial charge in [-0.2, -0.15) is 0 Å². The molecular formula is C42H62O16. The van der Waals surface area contributed by atoms with Crippen LogP contribution in [0, 0.1) is 50.2 Å². The summed E-state index contributed by atoms with van der Waals surface area (Å²) in [5.74, 6) is -4.47. The molecule has 0 amide bonds. The first-order valence-corrected chi connectivity index (χ1v) is 20.7. The average Bonchev–Trinajstić information content (AvgIpc) is 3.13. The zero-order valence-corrected chi connectivity index (χ0v) is 34.4. The van der Waals surface area contributed by atoms with E-state index in [9.17, 15) is 60.0 Å². The molecule has 0 aromatic heterocycles. The van der Waals surface area contributed by atoms with Crippen molar-refractivity contribution in [3.8, 4) is 0 Å². The van der Waals surface area contributed by atoms with E-state index in [1.807, 2.05) is 26.8 Å². The van der Waals surface area contributed by atoms with E-state index in [2.05, 4.69) is 27.7 Å². The van der Waals surface area contributed by atoms with Crippen LogP contribution < -0.4 is 0 Å². The van der Waals surface area contributed by atoms with Gasteiger partial charge < -0.3 is 59.8 Å². The van der Waals surface area contributed by atoms with Gasteiger partial charge in [-0.3, -0.25) is 9.59 Å². The fraction of sp³-hybridized carbons (Fsp3) is 0.857. The van der Waals surface area contributed by atoms with E-state index in [1.54, 1.807) is 0 Å². The molecule has 0 unspecified atom stereocenters. The van der Waals surface area contributed by atoms with Gasteiger partial charge in [0.2, 0.25) is 0 Å². The maximum absolute atomic E-state index is 14.8. The highest BCUT2D eigenvalue weighted by Crippen LogP contribution is 2.75. The molecular weight excluding hydrogens is 760 g/mol. The smallest absolute Gasteiger partial charge is 0.335 e. The molecule has 7 rings (SSSR count). The fourth-order valence-corrected chi connectivity index (χ4v) is 13.4. The lowest BCUT2D eigenvalue weighted by atomic mass is 9.33. The van der Waals surface area contributed by atoms with Crippen molar-refractivity contribution in [2.24, 2.45) is 50.2 Å². The number of hydrogen-bond acceptors (Lipinski definition) is 13. The van der Waals surface area contributed by atoms with Crippen LogP contribution in [-0.4, -0.2) is 132 Å². The molecule has 7 aliphatic rings. The van der Waals surface area contributed by atoms with E-state index in [4.69, 9.17) is 18.9 Å². The Morgan fingerprint density at radius 1 is 0.690 bits per heavy atom.